The Morgan fingerprint density at radius 1 is 1.42 bits per heavy atom. The number of likely N-dealkylation sites (tertiary alicyclic amines) is 1. The highest BCUT2D eigenvalue weighted by Crippen LogP contribution is 2.29. The van der Waals surface area contributed by atoms with Gasteiger partial charge in [0.25, 0.3) is 0 Å². The van der Waals surface area contributed by atoms with Crippen LogP contribution in [0.3, 0.4) is 0 Å². The number of nitrogens with zero attached hydrogens (tertiary/aromatic N) is 2. The first-order chi connectivity index (χ1) is 11.6. The van der Waals surface area contributed by atoms with Crippen molar-refractivity contribution in [1.29, 1.82) is 0 Å². The molecule has 1 aromatic carbocycles. The molecule has 1 unspecified atom stereocenters. The van der Waals surface area contributed by atoms with Crippen molar-refractivity contribution in [2.75, 3.05) is 6.54 Å². The van der Waals surface area contributed by atoms with Crippen molar-refractivity contribution in [2.24, 2.45) is 0 Å². The van der Waals surface area contributed by atoms with Gasteiger partial charge in [-0.25, -0.2) is 9.78 Å². The van der Waals surface area contributed by atoms with Crippen molar-refractivity contribution in [2.45, 2.75) is 52.1 Å². The lowest BCUT2D eigenvalue weighted by Gasteiger charge is -2.35. The van der Waals surface area contributed by atoms with Crippen molar-refractivity contribution in [3.63, 3.8) is 0 Å². The summed E-state index contributed by atoms with van der Waals surface area (Å²) < 4.78 is 0. The Hall–Kier alpha value is -1.72. The molecular weight excluding hydrogens is 320 g/mol. The summed E-state index contributed by atoms with van der Waals surface area (Å²) in [5.41, 5.74) is 2.88. The van der Waals surface area contributed by atoms with Gasteiger partial charge in [-0.3, -0.25) is 4.90 Å². The number of aromatic carboxylic acids is 1. The highest BCUT2D eigenvalue weighted by atomic mass is 32.1. The minimum Gasteiger partial charge on any atom is -0.477 e. The molecule has 1 aromatic heterocycles. The maximum absolute atomic E-state index is 11.2. The quantitative estimate of drug-likeness (QED) is 0.862. The van der Waals surface area contributed by atoms with E-state index in [0.717, 1.165) is 17.1 Å². The van der Waals surface area contributed by atoms with Gasteiger partial charge in [0.05, 0.1) is 5.69 Å². The fourth-order valence-corrected chi connectivity index (χ4v) is 4.39. The molecule has 3 rings (SSSR count). The van der Waals surface area contributed by atoms with Crippen LogP contribution in [0.4, 0.5) is 0 Å². The second kappa shape index (κ2) is 7.45. The zero-order valence-corrected chi connectivity index (χ0v) is 15.1. The molecule has 0 aliphatic carbocycles. The number of aromatic nitrogens is 1. The third-order valence-corrected chi connectivity index (χ3v) is 5.97. The third-order valence-electron chi connectivity index (χ3n) is 4.77. The Kier molecular flexibility index (Phi) is 5.31. The number of piperidine rings is 1. The number of rotatable bonds is 5. The summed E-state index contributed by atoms with van der Waals surface area (Å²) in [4.78, 5) is 18.6. The molecule has 0 bridgehead atoms. The SMILES string of the molecule is CCC1CCCCN1Cc1cccc(-c2nc(C)c(C(=O)O)s2)c1. The number of aryl methyl sites for hydroxylation is 1. The van der Waals surface area contributed by atoms with E-state index in [9.17, 15) is 9.90 Å². The lowest BCUT2D eigenvalue weighted by Crippen LogP contribution is -2.38. The minimum absolute atomic E-state index is 0.331. The normalized spacial score (nSPS) is 18.7. The van der Waals surface area contributed by atoms with Crippen LogP contribution >= 0.6 is 11.3 Å². The fourth-order valence-electron chi connectivity index (χ4n) is 3.49. The number of carboxylic acid groups (broad SMARTS) is 1. The van der Waals surface area contributed by atoms with Crippen LogP contribution in [0.2, 0.25) is 0 Å². The predicted octanol–water partition coefficient (Wildman–Crippen LogP) is 4.58. The molecular formula is C19H24N2O2S. The van der Waals surface area contributed by atoms with Crippen molar-refractivity contribution >= 4 is 17.3 Å². The summed E-state index contributed by atoms with van der Waals surface area (Å²) in [7, 11) is 0. The van der Waals surface area contributed by atoms with Crippen LogP contribution in [0.25, 0.3) is 10.6 Å². The largest absolute Gasteiger partial charge is 0.477 e. The summed E-state index contributed by atoms with van der Waals surface area (Å²) in [5, 5.41) is 10.0. The zero-order chi connectivity index (χ0) is 17.1. The van der Waals surface area contributed by atoms with Crippen molar-refractivity contribution in [3.05, 3.63) is 40.4 Å². The van der Waals surface area contributed by atoms with Gasteiger partial charge in [-0.05, 0) is 44.4 Å². The van der Waals surface area contributed by atoms with Gasteiger partial charge < -0.3 is 5.11 Å². The fraction of sp³-hybridized carbons (Fsp3) is 0.474. The summed E-state index contributed by atoms with van der Waals surface area (Å²) >= 11 is 1.26. The average molecular weight is 344 g/mol. The Balaban J connectivity index is 1.81. The number of hydrogen-bond acceptors (Lipinski definition) is 4. The van der Waals surface area contributed by atoms with E-state index in [2.05, 4.69) is 28.9 Å². The Morgan fingerprint density at radius 2 is 2.25 bits per heavy atom. The summed E-state index contributed by atoms with van der Waals surface area (Å²) in [6.07, 6.45) is 5.12. The lowest BCUT2D eigenvalue weighted by molar-refractivity contribution is 0.0701. The molecule has 0 amide bonds. The van der Waals surface area contributed by atoms with Gasteiger partial charge in [0, 0.05) is 18.2 Å². The van der Waals surface area contributed by atoms with E-state index in [1.165, 1.54) is 49.1 Å². The van der Waals surface area contributed by atoms with Crippen LogP contribution in [0.5, 0.6) is 0 Å². The average Bonchev–Trinajstić information content (AvgIpc) is 2.98. The molecule has 1 saturated heterocycles. The van der Waals surface area contributed by atoms with Crippen molar-refractivity contribution in [3.8, 4) is 10.6 Å². The van der Waals surface area contributed by atoms with E-state index in [0.29, 0.717) is 16.6 Å². The first kappa shape index (κ1) is 17.1. The van der Waals surface area contributed by atoms with Gasteiger partial charge in [0.1, 0.15) is 9.88 Å². The highest BCUT2D eigenvalue weighted by molar-refractivity contribution is 7.17. The van der Waals surface area contributed by atoms with E-state index in [1.54, 1.807) is 6.92 Å². The standard InChI is InChI=1S/C19H24N2O2S/c1-3-16-9-4-5-10-21(16)12-14-7-6-8-15(11-14)18-20-13(2)17(24-18)19(22)23/h6-8,11,16H,3-5,9-10,12H2,1-2H3,(H,22,23). The van der Waals surface area contributed by atoms with Gasteiger partial charge in [0.15, 0.2) is 0 Å². The number of benzene rings is 1. The Labute approximate surface area is 147 Å². The second-order valence-electron chi connectivity index (χ2n) is 6.47. The van der Waals surface area contributed by atoms with Crippen molar-refractivity contribution in [1.82, 2.24) is 9.88 Å². The van der Waals surface area contributed by atoms with E-state index in [4.69, 9.17) is 0 Å². The van der Waals surface area contributed by atoms with Crippen LogP contribution in [0.15, 0.2) is 24.3 Å². The van der Waals surface area contributed by atoms with E-state index < -0.39 is 5.97 Å². The third kappa shape index (κ3) is 3.68. The summed E-state index contributed by atoms with van der Waals surface area (Å²) in [6.45, 7) is 6.16. The molecule has 4 nitrogen and oxygen atoms in total. The molecule has 2 heterocycles. The topological polar surface area (TPSA) is 53.4 Å². The van der Waals surface area contributed by atoms with Gasteiger partial charge in [0.2, 0.25) is 0 Å². The molecule has 1 atom stereocenters. The maximum atomic E-state index is 11.2. The van der Waals surface area contributed by atoms with Crippen LogP contribution in [0.1, 0.15) is 53.5 Å². The van der Waals surface area contributed by atoms with E-state index in [-0.39, 0.29) is 0 Å². The predicted molar refractivity (Wildman–Crippen MR) is 97.6 cm³/mol. The molecule has 0 radical (unpaired) electrons. The Bertz CT molecular complexity index is 726. The molecule has 5 heteroatoms. The van der Waals surface area contributed by atoms with Crippen LogP contribution < -0.4 is 0 Å². The minimum atomic E-state index is -0.897. The van der Waals surface area contributed by atoms with Crippen LogP contribution in [-0.4, -0.2) is 33.5 Å². The van der Waals surface area contributed by atoms with Gasteiger partial charge in [-0.1, -0.05) is 31.5 Å². The zero-order valence-electron chi connectivity index (χ0n) is 14.3. The molecule has 24 heavy (non-hydrogen) atoms. The molecule has 128 valence electrons. The van der Waals surface area contributed by atoms with Crippen LogP contribution in [-0.2, 0) is 6.54 Å². The van der Waals surface area contributed by atoms with Gasteiger partial charge in [-0.15, -0.1) is 11.3 Å². The molecule has 1 fully saturated rings. The second-order valence-corrected chi connectivity index (χ2v) is 7.47. The summed E-state index contributed by atoms with van der Waals surface area (Å²) in [5.74, 6) is -0.897. The molecule has 1 N–H and O–H groups in total. The lowest BCUT2D eigenvalue weighted by atomic mass is 9.99. The molecule has 2 aromatic rings. The molecule has 0 saturated carbocycles. The van der Waals surface area contributed by atoms with Crippen molar-refractivity contribution < 1.29 is 9.90 Å². The molecule has 1 aliphatic heterocycles. The number of carboxylic acids is 1. The van der Waals surface area contributed by atoms with Gasteiger partial charge >= 0.3 is 5.97 Å². The van der Waals surface area contributed by atoms with Crippen LogP contribution in [0, 0.1) is 6.92 Å². The first-order valence-corrected chi connectivity index (χ1v) is 9.44. The number of carbonyl (C=O) groups is 1. The highest BCUT2D eigenvalue weighted by Gasteiger charge is 2.21. The van der Waals surface area contributed by atoms with E-state index >= 15 is 0 Å². The van der Waals surface area contributed by atoms with Gasteiger partial charge in [-0.2, -0.15) is 0 Å². The molecule has 0 spiro atoms. The van der Waals surface area contributed by atoms with E-state index in [1.807, 2.05) is 12.1 Å². The smallest absolute Gasteiger partial charge is 0.347 e. The maximum Gasteiger partial charge on any atom is 0.347 e. The number of hydrogen-bond donors (Lipinski definition) is 1. The first-order valence-electron chi connectivity index (χ1n) is 8.62. The Morgan fingerprint density at radius 3 is 2.96 bits per heavy atom. The molecule has 1 aliphatic rings. The monoisotopic (exact) mass is 344 g/mol. The number of thiazole rings is 1. The summed E-state index contributed by atoms with van der Waals surface area (Å²) in [6, 6.07) is 9.06.